The van der Waals surface area contributed by atoms with E-state index in [0.29, 0.717) is 24.3 Å². The summed E-state index contributed by atoms with van der Waals surface area (Å²) < 4.78 is 7.03. The van der Waals surface area contributed by atoms with Gasteiger partial charge in [0, 0.05) is 42.0 Å². The molecule has 6 nitrogen and oxygen atoms in total. The van der Waals surface area contributed by atoms with Crippen LogP contribution in [0.3, 0.4) is 0 Å². The Labute approximate surface area is 274 Å². The van der Waals surface area contributed by atoms with Crippen LogP contribution < -0.4 is 10.1 Å². The van der Waals surface area contributed by atoms with Crippen LogP contribution >= 0.6 is 0 Å². The van der Waals surface area contributed by atoms with Gasteiger partial charge in [0.2, 0.25) is 0 Å². The number of ether oxygens (including phenoxy) is 1. The first kappa shape index (κ1) is 27.7. The van der Waals surface area contributed by atoms with Crippen LogP contribution in [-0.4, -0.2) is 52.2 Å². The molecule has 1 amide bonds. The van der Waals surface area contributed by atoms with Gasteiger partial charge in [-0.25, -0.2) is 0 Å². The number of carbonyl (C=O) groups is 1. The number of carbonyl (C=O) groups excluding carboxylic acids is 1. The maximum Gasteiger partial charge on any atom is 0.255 e. The van der Waals surface area contributed by atoms with E-state index in [4.69, 9.17) is 4.74 Å². The second-order valence-corrected chi connectivity index (χ2v) is 14.6. The van der Waals surface area contributed by atoms with Crippen molar-refractivity contribution < 1.29 is 14.6 Å². The summed E-state index contributed by atoms with van der Waals surface area (Å²) in [5.41, 5.74) is 8.20. The molecule has 4 atom stereocenters. The fourth-order valence-corrected chi connectivity index (χ4v) is 9.68. The SMILES string of the molecule is O=C(NCCc1ccc(-c2ccccc2)cc1)c1ccc2c3c1OC1c4[nH]c5ccccc5c4C[C@@]4(O)[C@@H](C2)N(CC2CC2)CC[C@]314. The second-order valence-electron chi connectivity index (χ2n) is 14.6. The summed E-state index contributed by atoms with van der Waals surface area (Å²) in [6, 6.07) is 31.5. The lowest BCUT2D eigenvalue weighted by atomic mass is 9.49. The number of benzene rings is 4. The first-order chi connectivity index (χ1) is 23.0. The zero-order chi connectivity index (χ0) is 31.3. The predicted octanol–water partition coefficient (Wildman–Crippen LogP) is 6.51. The van der Waals surface area contributed by atoms with E-state index < -0.39 is 11.0 Å². The molecule has 236 valence electrons. The van der Waals surface area contributed by atoms with Crippen LogP contribution in [0.25, 0.3) is 22.0 Å². The van der Waals surface area contributed by atoms with Crippen molar-refractivity contribution in [1.29, 1.82) is 0 Å². The first-order valence-corrected chi connectivity index (χ1v) is 17.3. The highest BCUT2D eigenvalue weighted by Gasteiger charge is 2.72. The Hall–Kier alpha value is -4.39. The zero-order valence-electron chi connectivity index (χ0n) is 26.5. The Morgan fingerprint density at radius 1 is 0.957 bits per heavy atom. The Kier molecular flexibility index (Phi) is 5.93. The highest BCUT2D eigenvalue weighted by Crippen LogP contribution is 2.68. The van der Waals surface area contributed by atoms with Gasteiger partial charge in [0.15, 0.2) is 6.10 Å². The number of fused-ring (bicyclic) bond motifs is 4. The number of H-pyrrole nitrogens is 1. The Morgan fingerprint density at radius 3 is 2.57 bits per heavy atom. The van der Waals surface area contributed by atoms with Crippen LogP contribution in [0.15, 0.2) is 91.0 Å². The molecule has 1 aromatic heterocycles. The van der Waals surface area contributed by atoms with Gasteiger partial charge in [-0.3, -0.25) is 9.69 Å². The molecular formula is C41H39N3O3. The van der Waals surface area contributed by atoms with E-state index in [0.717, 1.165) is 60.4 Å². The second kappa shape index (κ2) is 10.1. The zero-order valence-corrected chi connectivity index (χ0v) is 26.5. The number of rotatable bonds is 7. The van der Waals surface area contributed by atoms with Crippen LogP contribution in [0.2, 0.25) is 0 Å². The molecule has 47 heavy (non-hydrogen) atoms. The third kappa shape index (κ3) is 3.95. The predicted molar refractivity (Wildman–Crippen MR) is 183 cm³/mol. The van der Waals surface area contributed by atoms with Crippen molar-refractivity contribution in [3.05, 3.63) is 125 Å². The lowest BCUT2D eigenvalue weighted by molar-refractivity contribution is -0.173. The van der Waals surface area contributed by atoms with Crippen LogP contribution in [-0.2, 0) is 24.7 Å². The molecule has 3 aliphatic carbocycles. The van der Waals surface area contributed by atoms with Crippen LogP contribution in [0.1, 0.15) is 63.7 Å². The van der Waals surface area contributed by atoms with Crippen molar-refractivity contribution in [2.45, 2.75) is 61.7 Å². The van der Waals surface area contributed by atoms with E-state index >= 15 is 0 Å². The topological polar surface area (TPSA) is 77.6 Å². The summed E-state index contributed by atoms with van der Waals surface area (Å²) in [7, 11) is 0. The molecule has 1 unspecified atom stereocenters. The third-order valence-electron chi connectivity index (χ3n) is 12.1. The van der Waals surface area contributed by atoms with Crippen molar-refractivity contribution in [3.8, 4) is 16.9 Å². The van der Waals surface area contributed by atoms with Gasteiger partial charge in [-0.1, -0.05) is 78.9 Å². The molecule has 5 aromatic rings. The summed E-state index contributed by atoms with van der Waals surface area (Å²) >= 11 is 0. The maximum absolute atomic E-state index is 13.9. The summed E-state index contributed by atoms with van der Waals surface area (Å²) in [4.78, 5) is 20.2. The Balaban J connectivity index is 0.986. The van der Waals surface area contributed by atoms with Gasteiger partial charge in [-0.15, -0.1) is 0 Å². The third-order valence-corrected chi connectivity index (χ3v) is 12.1. The minimum Gasteiger partial charge on any atom is -0.482 e. The lowest BCUT2D eigenvalue weighted by Crippen LogP contribution is -2.74. The van der Waals surface area contributed by atoms with Crippen molar-refractivity contribution in [1.82, 2.24) is 15.2 Å². The van der Waals surface area contributed by atoms with Gasteiger partial charge in [-0.2, -0.15) is 0 Å². The molecule has 1 saturated carbocycles. The molecule has 6 heteroatoms. The molecule has 1 saturated heterocycles. The summed E-state index contributed by atoms with van der Waals surface area (Å²) in [5.74, 6) is 1.31. The number of hydrogen-bond donors (Lipinski definition) is 3. The van der Waals surface area contributed by atoms with Crippen molar-refractivity contribution in [2.75, 3.05) is 19.6 Å². The average Bonchev–Trinajstić information content (AvgIpc) is 3.74. The van der Waals surface area contributed by atoms with Crippen LogP contribution in [0.5, 0.6) is 5.75 Å². The fraction of sp³-hybridized carbons (Fsp3) is 0.341. The van der Waals surface area contributed by atoms with E-state index in [1.165, 1.54) is 40.7 Å². The van der Waals surface area contributed by atoms with E-state index in [9.17, 15) is 9.90 Å². The number of piperidine rings is 1. The molecule has 10 rings (SSSR count). The van der Waals surface area contributed by atoms with Crippen molar-refractivity contribution in [2.24, 2.45) is 5.92 Å². The molecular weight excluding hydrogens is 582 g/mol. The number of aromatic amines is 1. The number of nitrogens with zero attached hydrogens (tertiary/aromatic N) is 1. The molecule has 3 N–H and O–H groups in total. The molecule has 0 radical (unpaired) electrons. The molecule has 2 fully saturated rings. The lowest BCUT2D eigenvalue weighted by Gasteiger charge is -2.62. The van der Waals surface area contributed by atoms with Crippen LogP contribution in [0.4, 0.5) is 0 Å². The molecule has 2 bridgehead atoms. The molecule has 5 aliphatic rings. The first-order valence-electron chi connectivity index (χ1n) is 17.3. The average molecular weight is 622 g/mol. The van der Waals surface area contributed by atoms with Gasteiger partial charge in [-0.05, 0) is 84.5 Å². The van der Waals surface area contributed by atoms with Gasteiger partial charge < -0.3 is 20.1 Å². The highest BCUT2D eigenvalue weighted by atomic mass is 16.5. The Morgan fingerprint density at radius 2 is 1.74 bits per heavy atom. The number of nitrogens with one attached hydrogen (secondary N) is 2. The monoisotopic (exact) mass is 621 g/mol. The van der Waals surface area contributed by atoms with Gasteiger partial charge >= 0.3 is 0 Å². The Bertz CT molecular complexity index is 2050. The minimum absolute atomic E-state index is 0.0242. The van der Waals surface area contributed by atoms with E-state index in [-0.39, 0.29) is 18.1 Å². The van der Waals surface area contributed by atoms with Crippen molar-refractivity contribution in [3.63, 3.8) is 0 Å². The van der Waals surface area contributed by atoms with Crippen LogP contribution in [0, 0.1) is 5.92 Å². The summed E-state index contributed by atoms with van der Waals surface area (Å²) in [6.45, 7) is 2.53. The molecule has 1 spiro atoms. The quantitative estimate of drug-likeness (QED) is 0.194. The molecule has 2 aliphatic heterocycles. The van der Waals surface area contributed by atoms with E-state index in [2.05, 4.69) is 94.1 Å². The minimum atomic E-state index is -0.984. The largest absolute Gasteiger partial charge is 0.482 e. The van der Waals surface area contributed by atoms with Gasteiger partial charge in [0.05, 0.1) is 22.3 Å². The molecule has 3 heterocycles. The highest BCUT2D eigenvalue weighted by molar-refractivity contribution is 5.98. The molecule has 4 aromatic carbocycles. The smallest absolute Gasteiger partial charge is 0.255 e. The number of aliphatic hydroxyl groups is 1. The maximum atomic E-state index is 13.9. The van der Waals surface area contributed by atoms with Gasteiger partial charge in [0.1, 0.15) is 5.75 Å². The fourth-order valence-electron chi connectivity index (χ4n) is 9.68. The number of likely N-dealkylation sites (tertiary alicyclic amines) is 1. The van der Waals surface area contributed by atoms with E-state index in [1.807, 2.05) is 12.1 Å². The normalized spacial score (nSPS) is 26.8. The van der Waals surface area contributed by atoms with E-state index in [1.54, 1.807) is 0 Å². The number of hydrogen-bond acceptors (Lipinski definition) is 4. The van der Waals surface area contributed by atoms with Gasteiger partial charge in [0.25, 0.3) is 5.91 Å². The number of amides is 1. The number of aromatic nitrogens is 1. The van der Waals surface area contributed by atoms with Crippen molar-refractivity contribution >= 4 is 16.8 Å². The standard InChI is InChI=1S/C41H39N3O3/c45-39(42-20-18-25-12-14-28(15-13-25)27-6-2-1-3-7-27)31-17-16-29-22-34-41(46)23-32-30-8-4-5-9-33(30)43-36(32)38-40(41,35(29)37(31)47-38)19-21-44(34)24-26-10-11-26/h1-9,12-17,26,34,38,43,46H,10-11,18-24H2,(H,42,45)/t34-,38?,40+,41-/m1/s1. The summed E-state index contributed by atoms with van der Waals surface area (Å²) in [6.07, 6.45) is 5.16. The summed E-state index contributed by atoms with van der Waals surface area (Å²) in [5, 5.41) is 17.6. The number of para-hydroxylation sites is 1.